The number of likely N-dealkylation sites (tertiary alicyclic amines) is 1. The van der Waals surface area contributed by atoms with E-state index >= 15 is 0 Å². The molecule has 1 N–H and O–H groups in total. The smallest absolute Gasteiger partial charge is 0.338 e. The highest BCUT2D eigenvalue weighted by Gasteiger charge is 2.40. The molecule has 1 aromatic carbocycles. The molecule has 0 spiro atoms. The standard InChI is InChI=1S/C20H23N3O3/c24-19(11-15-10-18(15)14-4-2-1-3-5-14)22-8-6-17(7-9-22)23-13-16(12-21-23)20(25)26/h1-5,12-13,15,17-18H,6-11H2,(H,25,26)/t15-,18-/m0/s1. The van der Waals surface area contributed by atoms with Gasteiger partial charge in [0.1, 0.15) is 0 Å². The molecule has 2 aromatic rings. The lowest BCUT2D eigenvalue weighted by molar-refractivity contribution is -0.132. The van der Waals surface area contributed by atoms with Gasteiger partial charge in [-0.15, -0.1) is 0 Å². The van der Waals surface area contributed by atoms with Crippen molar-refractivity contribution in [1.29, 1.82) is 0 Å². The van der Waals surface area contributed by atoms with E-state index in [4.69, 9.17) is 5.11 Å². The fourth-order valence-electron chi connectivity index (χ4n) is 3.96. The Labute approximate surface area is 152 Å². The number of aromatic nitrogens is 2. The summed E-state index contributed by atoms with van der Waals surface area (Å²) in [4.78, 5) is 25.5. The van der Waals surface area contributed by atoms with Gasteiger partial charge in [-0.25, -0.2) is 4.79 Å². The Bertz CT molecular complexity index is 794. The third-order valence-electron chi connectivity index (χ3n) is 5.63. The third kappa shape index (κ3) is 3.49. The first-order valence-electron chi connectivity index (χ1n) is 9.22. The molecule has 1 aromatic heterocycles. The molecule has 0 radical (unpaired) electrons. The van der Waals surface area contributed by atoms with Crippen molar-refractivity contribution < 1.29 is 14.7 Å². The molecule has 1 saturated carbocycles. The van der Waals surface area contributed by atoms with Gasteiger partial charge in [-0.3, -0.25) is 9.48 Å². The van der Waals surface area contributed by atoms with Crippen molar-refractivity contribution >= 4 is 11.9 Å². The van der Waals surface area contributed by atoms with E-state index in [-0.39, 0.29) is 17.5 Å². The van der Waals surface area contributed by atoms with E-state index in [2.05, 4.69) is 29.4 Å². The number of carbonyl (C=O) groups is 2. The monoisotopic (exact) mass is 353 g/mol. The van der Waals surface area contributed by atoms with Gasteiger partial charge in [0.25, 0.3) is 0 Å². The van der Waals surface area contributed by atoms with Crippen molar-refractivity contribution in [3.8, 4) is 0 Å². The van der Waals surface area contributed by atoms with Gasteiger partial charge in [0.15, 0.2) is 0 Å². The van der Waals surface area contributed by atoms with Crippen molar-refractivity contribution in [3.63, 3.8) is 0 Å². The highest BCUT2D eigenvalue weighted by atomic mass is 16.4. The molecule has 2 aliphatic rings. The Morgan fingerprint density at radius 2 is 1.88 bits per heavy atom. The maximum absolute atomic E-state index is 12.6. The number of hydrogen-bond donors (Lipinski definition) is 1. The lowest BCUT2D eigenvalue weighted by Crippen LogP contribution is -2.39. The summed E-state index contributed by atoms with van der Waals surface area (Å²) in [6, 6.07) is 10.6. The molecule has 2 heterocycles. The zero-order chi connectivity index (χ0) is 18.1. The SMILES string of the molecule is O=C(O)c1cnn(C2CCN(C(=O)C[C@@H]3C[C@H]3c3ccccc3)CC2)c1. The second-order valence-electron chi connectivity index (χ2n) is 7.34. The lowest BCUT2D eigenvalue weighted by atomic mass is 10.0. The predicted octanol–water partition coefficient (Wildman–Crippen LogP) is 2.94. The van der Waals surface area contributed by atoms with Crippen molar-refractivity contribution in [3.05, 3.63) is 53.9 Å². The summed E-state index contributed by atoms with van der Waals surface area (Å²) in [6.45, 7) is 1.43. The van der Waals surface area contributed by atoms with E-state index in [0.29, 0.717) is 31.3 Å². The summed E-state index contributed by atoms with van der Waals surface area (Å²) in [5.74, 6) is 0.308. The number of benzene rings is 1. The molecule has 6 heteroatoms. The summed E-state index contributed by atoms with van der Waals surface area (Å²) in [5, 5.41) is 13.2. The lowest BCUT2D eigenvalue weighted by Gasteiger charge is -2.32. The van der Waals surface area contributed by atoms with Gasteiger partial charge in [-0.1, -0.05) is 30.3 Å². The van der Waals surface area contributed by atoms with E-state index in [1.54, 1.807) is 10.9 Å². The van der Waals surface area contributed by atoms with Crippen molar-refractivity contribution in [2.75, 3.05) is 13.1 Å². The largest absolute Gasteiger partial charge is 0.478 e. The number of aromatic carboxylic acids is 1. The van der Waals surface area contributed by atoms with Gasteiger partial charge in [0.2, 0.25) is 5.91 Å². The summed E-state index contributed by atoms with van der Waals surface area (Å²) >= 11 is 0. The van der Waals surface area contributed by atoms with Crippen LogP contribution in [0.15, 0.2) is 42.7 Å². The van der Waals surface area contributed by atoms with Crippen LogP contribution in [0.4, 0.5) is 0 Å². The second-order valence-corrected chi connectivity index (χ2v) is 7.34. The second kappa shape index (κ2) is 6.94. The van der Waals surface area contributed by atoms with Gasteiger partial charge in [-0.2, -0.15) is 5.10 Å². The Hall–Kier alpha value is -2.63. The summed E-state index contributed by atoms with van der Waals surface area (Å²) in [5.41, 5.74) is 1.56. The Morgan fingerprint density at radius 1 is 1.15 bits per heavy atom. The van der Waals surface area contributed by atoms with Gasteiger partial charge in [-0.05, 0) is 36.7 Å². The molecule has 26 heavy (non-hydrogen) atoms. The molecule has 0 unspecified atom stereocenters. The predicted molar refractivity (Wildman–Crippen MR) is 95.9 cm³/mol. The first kappa shape index (κ1) is 16.8. The van der Waals surface area contributed by atoms with Crippen LogP contribution < -0.4 is 0 Å². The van der Waals surface area contributed by atoms with E-state index in [1.165, 1.54) is 11.8 Å². The Kier molecular flexibility index (Phi) is 4.49. The van der Waals surface area contributed by atoms with Gasteiger partial charge in [0.05, 0.1) is 17.8 Å². The van der Waals surface area contributed by atoms with Crippen LogP contribution in [0.2, 0.25) is 0 Å². The van der Waals surface area contributed by atoms with Crippen LogP contribution in [0.3, 0.4) is 0 Å². The number of carboxylic acid groups (broad SMARTS) is 1. The molecule has 136 valence electrons. The molecule has 1 aliphatic carbocycles. The van der Waals surface area contributed by atoms with Crippen LogP contribution in [0.1, 0.15) is 53.6 Å². The number of rotatable bonds is 5. The minimum Gasteiger partial charge on any atom is -0.478 e. The quantitative estimate of drug-likeness (QED) is 0.897. The number of carbonyl (C=O) groups excluding carboxylic acids is 1. The van der Waals surface area contributed by atoms with Crippen LogP contribution >= 0.6 is 0 Å². The number of nitrogens with zero attached hydrogens (tertiary/aromatic N) is 3. The molecular formula is C20H23N3O3. The fourth-order valence-corrected chi connectivity index (χ4v) is 3.96. The number of carboxylic acids is 1. The van der Waals surface area contributed by atoms with Crippen LogP contribution in [0.5, 0.6) is 0 Å². The summed E-state index contributed by atoms with van der Waals surface area (Å²) in [7, 11) is 0. The third-order valence-corrected chi connectivity index (χ3v) is 5.63. The van der Waals surface area contributed by atoms with E-state index in [0.717, 1.165) is 19.3 Å². The zero-order valence-corrected chi connectivity index (χ0v) is 14.6. The van der Waals surface area contributed by atoms with Crippen LogP contribution in [0.25, 0.3) is 0 Å². The van der Waals surface area contributed by atoms with Crippen LogP contribution in [-0.4, -0.2) is 44.8 Å². The molecule has 1 amide bonds. The number of hydrogen-bond acceptors (Lipinski definition) is 3. The van der Waals surface area contributed by atoms with Crippen molar-refractivity contribution in [1.82, 2.24) is 14.7 Å². The first-order valence-corrected chi connectivity index (χ1v) is 9.22. The van der Waals surface area contributed by atoms with Crippen LogP contribution in [-0.2, 0) is 4.79 Å². The molecular weight excluding hydrogens is 330 g/mol. The maximum atomic E-state index is 12.6. The molecule has 1 aliphatic heterocycles. The molecule has 1 saturated heterocycles. The Balaban J connectivity index is 1.27. The maximum Gasteiger partial charge on any atom is 0.338 e. The fraction of sp³-hybridized carbons (Fsp3) is 0.450. The normalized spacial score (nSPS) is 23.0. The van der Waals surface area contributed by atoms with E-state index < -0.39 is 5.97 Å². The molecule has 6 nitrogen and oxygen atoms in total. The van der Waals surface area contributed by atoms with Gasteiger partial charge < -0.3 is 10.0 Å². The van der Waals surface area contributed by atoms with Crippen molar-refractivity contribution in [2.24, 2.45) is 5.92 Å². The highest BCUT2D eigenvalue weighted by Crippen LogP contribution is 2.49. The zero-order valence-electron chi connectivity index (χ0n) is 14.6. The Morgan fingerprint density at radius 3 is 2.54 bits per heavy atom. The first-order chi connectivity index (χ1) is 12.6. The molecule has 2 fully saturated rings. The minimum absolute atomic E-state index is 0.171. The number of piperidine rings is 1. The molecule has 2 atom stereocenters. The average molecular weight is 353 g/mol. The van der Waals surface area contributed by atoms with E-state index in [9.17, 15) is 9.59 Å². The van der Waals surface area contributed by atoms with Crippen molar-refractivity contribution in [2.45, 2.75) is 37.6 Å². The number of amides is 1. The average Bonchev–Trinajstić information content (AvgIpc) is 3.24. The molecule has 0 bridgehead atoms. The minimum atomic E-state index is -0.957. The van der Waals surface area contributed by atoms with Gasteiger partial charge >= 0.3 is 5.97 Å². The highest BCUT2D eigenvalue weighted by molar-refractivity contribution is 5.86. The summed E-state index contributed by atoms with van der Waals surface area (Å²) in [6.07, 6.45) is 6.35. The van der Waals surface area contributed by atoms with Crippen LogP contribution in [0, 0.1) is 5.92 Å². The topological polar surface area (TPSA) is 75.4 Å². The van der Waals surface area contributed by atoms with Gasteiger partial charge in [0, 0.05) is 25.7 Å². The molecule has 4 rings (SSSR count). The summed E-state index contributed by atoms with van der Waals surface area (Å²) < 4.78 is 1.73. The van der Waals surface area contributed by atoms with E-state index in [1.807, 2.05) is 11.0 Å².